The van der Waals surface area contributed by atoms with E-state index in [0.717, 1.165) is 43.2 Å². The van der Waals surface area contributed by atoms with Crippen molar-refractivity contribution in [2.45, 2.75) is 41.2 Å². The monoisotopic (exact) mass is 263 g/mol. The van der Waals surface area contributed by atoms with Crippen LogP contribution in [0, 0.1) is 17.8 Å². The average Bonchev–Trinajstić information content (AvgIpc) is 2.35. The second kappa shape index (κ2) is 8.21. The molecule has 1 N–H and O–H groups in total. The Labute approximate surface area is 118 Å². The molecular formula is C17H29NO. The lowest BCUT2D eigenvalue weighted by Crippen LogP contribution is -2.29. The molecule has 0 saturated heterocycles. The zero-order valence-electron chi connectivity index (χ0n) is 13.1. The number of rotatable bonds is 8. The van der Waals surface area contributed by atoms with Gasteiger partial charge in [-0.3, -0.25) is 0 Å². The van der Waals surface area contributed by atoms with Crippen molar-refractivity contribution in [2.75, 3.05) is 13.2 Å². The molecule has 2 heteroatoms. The molecule has 0 aliphatic carbocycles. The Kier molecular flexibility index (Phi) is 6.93. The van der Waals surface area contributed by atoms with Gasteiger partial charge in [0.15, 0.2) is 0 Å². The molecule has 2 nitrogen and oxygen atoms in total. The van der Waals surface area contributed by atoms with Crippen molar-refractivity contribution in [1.29, 1.82) is 0 Å². The molecule has 19 heavy (non-hydrogen) atoms. The molecule has 0 fully saturated rings. The third kappa shape index (κ3) is 5.23. The van der Waals surface area contributed by atoms with E-state index < -0.39 is 0 Å². The van der Waals surface area contributed by atoms with Crippen LogP contribution in [0.2, 0.25) is 0 Å². The van der Waals surface area contributed by atoms with Crippen molar-refractivity contribution < 1.29 is 4.74 Å². The normalized spacial score (nSPS) is 11.6. The molecule has 0 radical (unpaired) electrons. The Morgan fingerprint density at radius 1 is 1.05 bits per heavy atom. The number of nitrogens with one attached hydrogen (secondary N) is 1. The standard InChI is InChI=1S/C17H29NO/c1-6-19-17-10-8-7-9-15(17)11-18-12-16(13(2)3)14(4)5/h7-10,13-14,16,18H,6,11-12H2,1-5H3. The van der Waals surface area contributed by atoms with Gasteiger partial charge in [0, 0.05) is 12.1 Å². The van der Waals surface area contributed by atoms with E-state index in [0.29, 0.717) is 0 Å². The van der Waals surface area contributed by atoms with Crippen molar-refractivity contribution in [3.05, 3.63) is 29.8 Å². The highest BCUT2D eigenvalue weighted by Crippen LogP contribution is 2.21. The van der Waals surface area contributed by atoms with Crippen LogP contribution >= 0.6 is 0 Å². The van der Waals surface area contributed by atoms with Crippen molar-refractivity contribution in [1.82, 2.24) is 5.32 Å². The Bertz CT molecular complexity index is 352. The number of hydrogen-bond donors (Lipinski definition) is 1. The molecule has 0 spiro atoms. The fourth-order valence-electron chi connectivity index (χ4n) is 2.56. The molecule has 0 atom stereocenters. The molecule has 0 heterocycles. The summed E-state index contributed by atoms with van der Waals surface area (Å²) in [4.78, 5) is 0. The average molecular weight is 263 g/mol. The lowest BCUT2D eigenvalue weighted by atomic mass is 9.85. The molecule has 0 aliphatic heterocycles. The van der Waals surface area contributed by atoms with Gasteiger partial charge in [0.1, 0.15) is 5.75 Å². The van der Waals surface area contributed by atoms with Gasteiger partial charge < -0.3 is 10.1 Å². The molecule has 1 aromatic rings. The van der Waals surface area contributed by atoms with Crippen molar-refractivity contribution in [3.63, 3.8) is 0 Å². The van der Waals surface area contributed by atoms with Crippen LogP contribution in [0.15, 0.2) is 24.3 Å². The highest BCUT2D eigenvalue weighted by molar-refractivity contribution is 5.33. The van der Waals surface area contributed by atoms with E-state index in [1.165, 1.54) is 5.56 Å². The SMILES string of the molecule is CCOc1ccccc1CNCC(C(C)C)C(C)C. The van der Waals surface area contributed by atoms with Gasteiger partial charge in [-0.1, -0.05) is 45.9 Å². The fourth-order valence-corrected chi connectivity index (χ4v) is 2.56. The predicted molar refractivity (Wildman–Crippen MR) is 82.5 cm³/mol. The van der Waals surface area contributed by atoms with Crippen molar-refractivity contribution in [3.8, 4) is 5.75 Å². The maximum Gasteiger partial charge on any atom is 0.123 e. The van der Waals surface area contributed by atoms with Crippen LogP contribution in [0.25, 0.3) is 0 Å². The number of benzene rings is 1. The first kappa shape index (κ1) is 16.0. The molecule has 0 bridgehead atoms. The predicted octanol–water partition coefficient (Wildman–Crippen LogP) is 4.10. The summed E-state index contributed by atoms with van der Waals surface area (Å²) < 4.78 is 5.65. The van der Waals surface area contributed by atoms with Crippen molar-refractivity contribution >= 4 is 0 Å². The minimum absolute atomic E-state index is 0.717. The van der Waals surface area contributed by atoms with Gasteiger partial charge in [0.05, 0.1) is 6.61 Å². The first-order valence-corrected chi connectivity index (χ1v) is 7.47. The second-order valence-electron chi connectivity index (χ2n) is 5.82. The summed E-state index contributed by atoms with van der Waals surface area (Å²) >= 11 is 0. The quantitative estimate of drug-likeness (QED) is 0.762. The van der Waals surface area contributed by atoms with Crippen LogP contribution in [-0.4, -0.2) is 13.2 Å². The van der Waals surface area contributed by atoms with Gasteiger partial charge in [0.2, 0.25) is 0 Å². The first-order valence-electron chi connectivity index (χ1n) is 7.47. The van der Waals surface area contributed by atoms with E-state index in [1.54, 1.807) is 0 Å². The summed E-state index contributed by atoms with van der Waals surface area (Å²) in [7, 11) is 0. The summed E-state index contributed by atoms with van der Waals surface area (Å²) in [6.07, 6.45) is 0. The Morgan fingerprint density at radius 3 is 2.26 bits per heavy atom. The van der Waals surface area contributed by atoms with E-state index in [9.17, 15) is 0 Å². The molecule has 0 aliphatic rings. The number of ether oxygens (including phenoxy) is 1. The third-order valence-electron chi connectivity index (χ3n) is 3.68. The Balaban J connectivity index is 2.52. The summed E-state index contributed by atoms with van der Waals surface area (Å²) in [5.74, 6) is 3.16. The zero-order valence-corrected chi connectivity index (χ0v) is 13.1. The summed E-state index contributed by atoms with van der Waals surface area (Å²) in [6, 6.07) is 8.28. The molecule has 1 rings (SSSR count). The molecule has 0 saturated carbocycles. The molecule has 0 unspecified atom stereocenters. The summed E-state index contributed by atoms with van der Waals surface area (Å²) in [6.45, 7) is 13.9. The summed E-state index contributed by atoms with van der Waals surface area (Å²) in [5.41, 5.74) is 1.25. The summed E-state index contributed by atoms with van der Waals surface area (Å²) in [5, 5.41) is 3.58. The highest BCUT2D eigenvalue weighted by Gasteiger charge is 2.16. The fraction of sp³-hybridized carbons (Fsp3) is 0.647. The molecule has 1 aromatic carbocycles. The number of para-hydroxylation sites is 1. The van der Waals surface area contributed by atoms with Crippen LogP contribution in [-0.2, 0) is 6.54 Å². The van der Waals surface area contributed by atoms with E-state index in [-0.39, 0.29) is 0 Å². The van der Waals surface area contributed by atoms with Gasteiger partial charge in [0.25, 0.3) is 0 Å². The second-order valence-corrected chi connectivity index (χ2v) is 5.82. The van der Waals surface area contributed by atoms with Gasteiger partial charge in [-0.2, -0.15) is 0 Å². The highest BCUT2D eigenvalue weighted by atomic mass is 16.5. The third-order valence-corrected chi connectivity index (χ3v) is 3.68. The van der Waals surface area contributed by atoms with E-state index in [4.69, 9.17) is 4.74 Å². The van der Waals surface area contributed by atoms with E-state index >= 15 is 0 Å². The van der Waals surface area contributed by atoms with Crippen LogP contribution in [0.5, 0.6) is 5.75 Å². The Morgan fingerprint density at radius 2 is 1.68 bits per heavy atom. The van der Waals surface area contributed by atoms with E-state index in [2.05, 4.69) is 45.1 Å². The molecule has 0 aromatic heterocycles. The zero-order chi connectivity index (χ0) is 14.3. The van der Waals surface area contributed by atoms with E-state index in [1.807, 2.05) is 19.1 Å². The van der Waals surface area contributed by atoms with Crippen LogP contribution < -0.4 is 10.1 Å². The van der Waals surface area contributed by atoms with Crippen LogP contribution in [0.4, 0.5) is 0 Å². The number of hydrogen-bond acceptors (Lipinski definition) is 2. The molecule has 0 amide bonds. The van der Waals surface area contributed by atoms with Gasteiger partial charge in [-0.05, 0) is 37.3 Å². The minimum atomic E-state index is 0.717. The van der Waals surface area contributed by atoms with Gasteiger partial charge in [-0.15, -0.1) is 0 Å². The molecular weight excluding hydrogens is 234 g/mol. The lowest BCUT2D eigenvalue weighted by Gasteiger charge is -2.25. The maximum atomic E-state index is 5.65. The topological polar surface area (TPSA) is 21.3 Å². The smallest absolute Gasteiger partial charge is 0.123 e. The van der Waals surface area contributed by atoms with Crippen molar-refractivity contribution in [2.24, 2.45) is 17.8 Å². The van der Waals surface area contributed by atoms with Crippen LogP contribution in [0.1, 0.15) is 40.2 Å². The van der Waals surface area contributed by atoms with Gasteiger partial charge in [-0.25, -0.2) is 0 Å². The molecule has 108 valence electrons. The van der Waals surface area contributed by atoms with Gasteiger partial charge >= 0.3 is 0 Å². The Hall–Kier alpha value is -1.02. The maximum absolute atomic E-state index is 5.65. The first-order chi connectivity index (χ1) is 9.06. The minimum Gasteiger partial charge on any atom is -0.494 e. The lowest BCUT2D eigenvalue weighted by molar-refractivity contribution is 0.274. The van der Waals surface area contributed by atoms with Crippen LogP contribution in [0.3, 0.4) is 0 Å². The largest absolute Gasteiger partial charge is 0.494 e.